The van der Waals surface area contributed by atoms with Crippen molar-refractivity contribution in [3.05, 3.63) is 65.1 Å². The smallest absolute Gasteiger partial charge is 0.272 e. The van der Waals surface area contributed by atoms with Gasteiger partial charge < -0.3 is 5.32 Å². The molecule has 2 atom stereocenters. The number of carbonyl (C=O) groups is 1. The fourth-order valence-electron chi connectivity index (χ4n) is 5.75. The molecule has 182 valence electrons. The molecule has 0 spiro atoms. The molecule has 1 aromatic carbocycles. The molecule has 1 N–H and O–H groups in total. The van der Waals surface area contributed by atoms with Gasteiger partial charge in [-0.15, -0.1) is 0 Å². The van der Waals surface area contributed by atoms with Gasteiger partial charge in [0.15, 0.2) is 0 Å². The number of halogens is 3. The van der Waals surface area contributed by atoms with E-state index in [1.54, 1.807) is 12.4 Å². The van der Waals surface area contributed by atoms with Crippen LogP contribution in [-0.4, -0.2) is 45.8 Å². The summed E-state index contributed by atoms with van der Waals surface area (Å²) >= 11 is 6.65. The molecule has 1 saturated heterocycles. The number of hydrogen-bond acceptors (Lipinski definition) is 4. The van der Waals surface area contributed by atoms with Crippen molar-refractivity contribution in [1.29, 1.82) is 0 Å². The highest BCUT2D eigenvalue weighted by atomic mass is 35.5. The summed E-state index contributed by atoms with van der Waals surface area (Å²) < 4.78 is 26.5. The van der Waals surface area contributed by atoms with Gasteiger partial charge in [-0.25, -0.2) is 13.8 Å². The normalized spacial score (nSPS) is 27.9. The minimum Gasteiger partial charge on any atom is -0.310 e. The molecule has 0 radical (unpaired) electrons. The number of rotatable bonds is 5. The minimum absolute atomic E-state index is 0.0309. The van der Waals surface area contributed by atoms with E-state index in [-0.39, 0.29) is 36.9 Å². The zero-order valence-electron chi connectivity index (χ0n) is 19.3. The Balaban J connectivity index is 1.13. The Bertz CT molecular complexity index is 1250. The minimum atomic E-state index is -2.52. The first kappa shape index (κ1) is 22.8. The molecule has 2 aliphatic carbocycles. The zero-order chi connectivity index (χ0) is 24.2. The second kappa shape index (κ2) is 8.79. The van der Waals surface area contributed by atoms with Crippen LogP contribution in [0.3, 0.4) is 0 Å². The standard InChI is InChI=1S/C27H27ClF2N4O/c28-23-10-18-13-32-25(33-26(35)22-12-21(22)24-3-1-2-8-31-24)11-17(18)9-20(23)16-4-6-19(7-5-16)34-14-27(29,30)15-34/h1-3,8-11,13,16,19,21-22H,4-7,12,14-15H2,(H,32,33,35). The maximum Gasteiger partial charge on any atom is 0.272 e. The first-order valence-corrected chi connectivity index (χ1v) is 12.7. The molecule has 1 aliphatic heterocycles. The van der Waals surface area contributed by atoms with Crippen molar-refractivity contribution in [3.63, 3.8) is 0 Å². The van der Waals surface area contributed by atoms with Crippen LogP contribution in [0.25, 0.3) is 10.8 Å². The first-order valence-electron chi connectivity index (χ1n) is 12.3. The van der Waals surface area contributed by atoms with Gasteiger partial charge in [-0.3, -0.25) is 14.7 Å². The van der Waals surface area contributed by atoms with E-state index in [2.05, 4.69) is 21.4 Å². The van der Waals surface area contributed by atoms with Crippen LogP contribution in [0.2, 0.25) is 5.02 Å². The average molecular weight is 497 g/mol. The third-order valence-electron chi connectivity index (χ3n) is 7.81. The number of fused-ring (bicyclic) bond motifs is 1. The van der Waals surface area contributed by atoms with Crippen molar-refractivity contribution in [2.45, 2.75) is 55.9 Å². The lowest BCUT2D eigenvalue weighted by Crippen LogP contribution is -2.60. The maximum atomic E-state index is 13.2. The number of hydrogen-bond donors (Lipinski definition) is 1. The summed E-state index contributed by atoms with van der Waals surface area (Å²) in [6, 6.07) is 12.0. The van der Waals surface area contributed by atoms with Crippen LogP contribution in [0.1, 0.15) is 55.2 Å². The van der Waals surface area contributed by atoms with Crippen molar-refractivity contribution in [1.82, 2.24) is 14.9 Å². The molecule has 8 heteroatoms. The SMILES string of the molecule is O=C(Nc1cc2cc(C3CCC(N4CC(F)(F)C4)CC3)c(Cl)cc2cn1)C1CC1c1ccccn1. The Kier molecular flexibility index (Phi) is 5.72. The van der Waals surface area contributed by atoms with E-state index in [1.165, 1.54) is 0 Å². The topological polar surface area (TPSA) is 58.1 Å². The lowest BCUT2D eigenvalue weighted by molar-refractivity contribution is -0.150. The highest BCUT2D eigenvalue weighted by Gasteiger charge is 2.47. The molecule has 0 bridgehead atoms. The van der Waals surface area contributed by atoms with Crippen LogP contribution >= 0.6 is 11.6 Å². The van der Waals surface area contributed by atoms with E-state index >= 15 is 0 Å². The summed E-state index contributed by atoms with van der Waals surface area (Å²) in [7, 11) is 0. The summed E-state index contributed by atoms with van der Waals surface area (Å²) in [4.78, 5) is 23.5. The fourth-order valence-corrected chi connectivity index (χ4v) is 6.08. The molecule has 2 aromatic heterocycles. The van der Waals surface area contributed by atoms with Gasteiger partial charge in [0.25, 0.3) is 5.92 Å². The highest BCUT2D eigenvalue weighted by Crippen LogP contribution is 2.47. The van der Waals surface area contributed by atoms with Gasteiger partial charge in [0.05, 0.1) is 13.1 Å². The summed E-state index contributed by atoms with van der Waals surface area (Å²) in [6.07, 6.45) is 7.98. The van der Waals surface area contributed by atoms with Gasteiger partial charge in [0.2, 0.25) is 5.91 Å². The van der Waals surface area contributed by atoms with E-state index in [9.17, 15) is 13.6 Å². The average Bonchev–Trinajstić information content (AvgIpc) is 3.64. The van der Waals surface area contributed by atoms with Crippen LogP contribution < -0.4 is 5.32 Å². The van der Waals surface area contributed by atoms with Crippen LogP contribution in [0, 0.1) is 5.92 Å². The Hall–Kier alpha value is -2.64. The number of alkyl halides is 2. The molecule has 6 rings (SSSR count). The third-order valence-corrected chi connectivity index (χ3v) is 8.13. The number of likely N-dealkylation sites (tertiary alicyclic amines) is 1. The second-order valence-corrected chi connectivity index (χ2v) is 10.7. The predicted octanol–water partition coefficient (Wildman–Crippen LogP) is 6.00. The fraction of sp³-hybridized carbons (Fsp3) is 0.444. The summed E-state index contributed by atoms with van der Waals surface area (Å²) in [5.41, 5.74) is 2.04. The molecule has 3 aromatic rings. The van der Waals surface area contributed by atoms with Crippen molar-refractivity contribution in [2.75, 3.05) is 18.4 Å². The van der Waals surface area contributed by atoms with E-state index in [4.69, 9.17) is 11.6 Å². The van der Waals surface area contributed by atoms with Crippen molar-refractivity contribution in [2.24, 2.45) is 5.92 Å². The van der Waals surface area contributed by atoms with Crippen LogP contribution in [0.4, 0.5) is 14.6 Å². The second-order valence-electron chi connectivity index (χ2n) is 10.2. The molecule has 3 aliphatic rings. The summed E-state index contributed by atoms with van der Waals surface area (Å²) in [5, 5.41) is 5.59. The molecule has 5 nitrogen and oxygen atoms in total. The monoisotopic (exact) mass is 496 g/mol. The van der Waals surface area contributed by atoms with Gasteiger partial charge >= 0.3 is 0 Å². The number of benzene rings is 1. The van der Waals surface area contributed by atoms with E-state index in [0.717, 1.165) is 54.1 Å². The molecule has 35 heavy (non-hydrogen) atoms. The lowest BCUT2D eigenvalue weighted by atomic mass is 9.80. The van der Waals surface area contributed by atoms with Gasteiger partial charge in [-0.05, 0) is 79.3 Å². The number of aromatic nitrogens is 2. The molecule has 3 fully saturated rings. The number of amides is 1. The quantitative estimate of drug-likeness (QED) is 0.470. The van der Waals surface area contributed by atoms with Crippen molar-refractivity contribution >= 4 is 34.1 Å². The van der Waals surface area contributed by atoms with E-state index in [1.807, 2.05) is 35.2 Å². The number of nitrogens with one attached hydrogen (secondary N) is 1. The molecule has 1 amide bonds. The molecule has 2 unspecified atom stereocenters. The Morgan fingerprint density at radius 3 is 2.57 bits per heavy atom. The lowest BCUT2D eigenvalue weighted by Gasteiger charge is -2.46. The van der Waals surface area contributed by atoms with Gasteiger partial charge in [0.1, 0.15) is 5.82 Å². The third kappa shape index (κ3) is 4.64. The van der Waals surface area contributed by atoms with E-state index in [0.29, 0.717) is 16.8 Å². The highest BCUT2D eigenvalue weighted by molar-refractivity contribution is 6.32. The van der Waals surface area contributed by atoms with Crippen molar-refractivity contribution in [3.8, 4) is 0 Å². The van der Waals surface area contributed by atoms with Crippen LogP contribution in [0.5, 0.6) is 0 Å². The number of pyridine rings is 2. The molecule has 2 saturated carbocycles. The predicted molar refractivity (Wildman–Crippen MR) is 132 cm³/mol. The van der Waals surface area contributed by atoms with Crippen LogP contribution in [0.15, 0.2) is 48.8 Å². The first-order chi connectivity index (χ1) is 16.9. The molecule has 3 heterocycles. The maximum absolute atomic E-state index is 13.2. The Morgan fingerprint density at radius 1 is 1.06 bits per heavy atom. The van der Waals surface area contributed by atoms with Crippen molar-refractivity contribution < 1.29 is 13.6 Å². The van der Waals surface area contributed by atoms with Crippen LogP contribution in [-0.2, 0) is 4.79 Å². The summed E-state index contributed by atoms with van der Waals surface area (Å²) in [6.45, 7) is -0.214. The van der Waals surface area contributed by atoms with Gasteiger partial charge in [0, 0.05) is 46.4 Å². The zero-order valence-corrected chi connectivity index (χ0v) is 20.0. The largest absolute Gasteiger partial charge is 0.310 e. The van der Waals surface area contributed by atoms with Gasteiger partial charge in [-0.2, -0.15) is 0 Å². The summed E-state index contributed by atoms with van der Waals surface area (Å²) in [5.74, 6) is -1.62. The number of carbonyl (C=O) groups excluding carboxylic acids is 1. The number of anilines is 1. The Labute approximate surface area is 207 Å². The Morgan fingerprint density at radius 2 is 1.86 bits per heavy atom. The number of nitrogens with zero attached hydrogens (tertiary/aromatic N) is 3. The van der Waals surface area contributed by atoms with Gasteiger partial charge in [-0.1, -0.05) is 17.7 Å². The molecular weight excluding hydrogens is 470 g/mol. The molecular formula is C27H27ClF2N4O. The van der Waals surface area contributed by atoms with E-state index < -0.39 is 5.92 Å².